The van der Waals surface area contributed by atoms with E-state index in [2.05, 4.69) is 0 Å². The number of para-hydroxylation sites is 3. The lowest BCUT2D eigenvalue weighted by atomic mass is 10.1. The molecule has 6 heteroatoms. The van der Waals surface area contributed by atoms with Crippen molar-refractivity contribution in [3.05, 3.63) is 54.1 Å². The summed E-state index contributed by atoms with van der Waals surface area (Å²) in [5.74, 6) is 1.24. The zero-order valence-electron chi connectivity index (χ0n) is 15.8. The van der Waals surface area contributed by atoms with E-state index in [1.165, 1.54) is 0 Å². The van der Waals surface area contributed by atoms with Gasteiger partial charge in [0.1, 0.15) is 11.5 Å². The predicted molar refractivity (Wildman–Crippen MR) is 103 cm³/mol. The van der Waals surface area contributed by atoms with Crippen LogP contribution in [0.3, 0.4) is 0 Å². The summed E-state index contributed by atoms with van der Waals surface area (Å²) >= 11 is 0. The first-order chi connectivity index (χ1) is 13.0. The summed E-state index contributed by atoms with van der Waals surface area (Å²) in [5.41, 5.74) is 1.66. The number of rotatable bonds is 6. The normalized spacial score (nSPS) is 14.2. The first-order valence-electron chi connectivity index (χ1n) is 8.93. The Morgan fingerprint density at radius 2 is 1.93 bits per heavy atom. The monoisotopic (exact) mass is 368 g/mol. The molecule has 0 bridgehead atoms. The van der Waals surface area contributed by atoms with Crippen molar-refractivity contribution < 1.29 is 19.1 Å². The number of carbonyl (C=O) groups excluding carboxylic acids is 2. The lowest BCUT2D eigenvalue weighted by Crippen LogP contribution is -2.41. The lowest BCUT2D eigenvalue weighted by molar-refractivity contribution is -0.131. The molecule has 1 atom stereocenters. The number of ether oxygens (including phenoxy) is 2. The van der Waals surface area contributed by atoms with Crippen LogP contribution in [-0.2, 0) is 9.59 Å². The summed E-state index contributed by atoms with van der Waals surface area (Å²) in [6.07, 6.45) is 0.232. The van der Waals surface area contributed by atoms with E-state index in [-0.39, 0.29) is 30.9 Å². The molecule has 0 spiro atoms. The summed E-state index contributed by atoms with van der Waals surface area (Å²) in [5, 5.41) is 0. The van der Waals surface area contributed by atoms with Crippen LogP contribution in [0.4, 0.5) is 5.69 Å². The van der Waals surface area contributed by atoms with Crippen molar-refractivity contribution in [2.45, 2.75) is 19.4 Å². The number of amides is 2. The number of hydrogen-bond donors (Lipinski definition) is 0. The maximum Gasteiger partial charge on any atom is 0.265 e. The van der Waals surface area contributed by atoms with E-state index in [0.29, 0.717) is 18.0 Å². The first-order valence-corrected chi connectivity index (χ1v) is 8.93. The van der Waals surface area contributed by atoms with Gasteiger partial charge in [-0.25, -0.2) is 0 Å². The van der Waals surface area contributed by atoms with E-state index < -0.39 is 0 Å². The third kappa shape index (κ3) is 3.89. The summed E-state index contributed by atoms with van der Waals surface area (Å²) in [6.45, 7) is 2.28. The molecule has 2 amide bonds. The van der Waals surface area contributed by atoms with Crippen molar-refractivity contribution in [2.75, 3.05) is 32.2 Å². The molecule has 0 saturated carbocycles. The van der Waals surface area contributed by atoms with Crippen LogP contribution >= 0.6 is 0 Å². The second kappa shape index (κ2) is 8.12. The fraction of sp³-hybridized carbons (Fsp3) is 0.333. The minimum absolute atomic E-state index is 0.00133. The summed E-state index contributed by atoms with van der Waals surface area (Å²) in [7, 11) is 3.39. The van der Waals surface area contributed by atoms with Gasteiger partial charge in [0.2, 0.25) is 5.91 Å². The van der Waals surface area contributed by atoms with Crippen LogP contribution in [0.1, 0.15) is 24.9 Å². The Bertz CT molecular complexity index is 836. The summed E-state index contributed by atoms with van der Waals surface area (Å²) in [4.78, 5) is 28.3. The smallest absolute Gasteiger partial charge is 0.265 e. The fourth-order valence-corrected chi connectivity index (χ4v) is 3.22. The van der Waals surface area contributed by atoms with Gasteiger partial charge in [-0.15, -0.1) is 0 Å². The highest BCUT2D eigenvalue weighted by molar-refractivity contribution is 5.98. The van der Waals surface area contributed by atoms with Gasteiger partial charge >= 0.3 is 0 Å². The maximum atomic E-state index is 12.7. The molecule has 142 valence electrons. The lowest BCUT2D eigenvalue weighted by Gasteiger charge is -2.31. The summed E-state index contributed by atoms with van der Waals surface area (Å²) < 4.78 is 10.8. The third-order valence-corrected chi connectivity index (χ3v) is 4.92. The van der Waals surface area contributed by atoms with E-state index in [9.17, 15) is 9.59 Å². The van der Waals surface area contributed by atoms with E-state index >= 15 is 0 Å². The van der Waals surface area contributed by atoms with E-state index in [1.807, 2.05) is 55.5 Å². The number of carbonyl (C=O) groups is 2. The average molecular weight is 368 g/mol. The van der Waals surface area contributed by atoms with Crippen molar-refractivity contribution in [3.63, 3.8) is 0 Å². The van der Waals surface area contributed by atoms with Crippen LogP contribution in [0.25, 0.3) is 0 Å². The van der Waals surface area contributed by atoms with Crippen molar-refractivity contribution in [2.24, 2.45) is 0 Å². The molecule has 2 aromatic carbocycles. The Kier molecular flexibility index (Phi) is 5.64. The molecule has 3 rings (SSSR count). The number of benzene rings is 2. The standard InChI is InChI=1S/C21H24N2O4/c1-15(16-8-4-6-10-18(16)26-3)22(2)20(24)12-13-23-17-9-5-7-11-19(17)27-14-21(23)25/h4-11,15H,12-14H2,1-3H3. The van der Waals surface area contributed by atoms with Gasteiger partial charge < -0.3 is 19.3 Å². The molecule has 27 heavy (non-hydrogen) atoms. The minimum Gasteiger partial charge on any atom is -0.496 e. The fourth-order valence-electron chi connectivity index (χ4n) is 3.22. The number of hydrogen-bond acceptors (Lipinski definition) is 4. The SMILES string of the molecule is COc1ccccc1C(C)N(C)C(=O)CCN1C(=O)COc2ccccc21. The molecule has 1 aliphatic rings. The molecule has 0 fully saturated rings. The predicted octanol–water partition coefficient (Wildman–Crippen LogP) is 3.03. The zero-order chi connectivity index (χ0) is 19.4. The first kappa shape index (κ1) is 18.8. The van der Waals surface area contributed by atoms with E-state index in [4.69, 9.17) is 9.47 Å². The molecule has 0 radical (unpaired) electrons. The maximum absolute atomic E-state index is 12.7. The highest BCUT2D eigenvalue weighted by Gasteiger charge is 2.27. The van der Waals surface area contributed by atoms with Crippen LogP contribution in [0, 0.1) is 0 Å². The Labute approximate surface area is 159 Å². The topological polar surface area (TPSA) is 59.1 Å². The van der Waals surface area contributed by atoms with E-state index in [0.717, 1.165) is 11.3 Å². The molecule has 0 aromatic heterocycles. The molecule has 0 saturated heterocycles. The van der Waals surface area contributed by atoms with Gasteiger partial charge in [-0.3, -0.25) is 9.59 Å². The Morgan fingerprint density at radius 1 is 1.22 bits per heavy atom. The molecular formula is C21H24N2O4. The number of methoxy groups -OCH3 is 1. The van der Waals surface area contributed by atoms with Crippen molar-refractivity contribution >= 4 is 17.5 Å². The van der Waals surface area contributed by atoms with Crippen LogP contribution in [-0.4, -0.2) is 44.0 Å². The molecule has 1 unspecified atom stereocenters. The van der Waals surface area contributed by atoms with Crippen LogP contribution < -0.4 is 14.4 Å². The molecule has 6 nitrogen and oxygen atoms in total. The summed E-state index contributed by atoms with van der Waals surface area (Å²) in [6, 6.07) is 14.9. The highest BCUT2D eigenvalue weighted by Crippen LogP contribution is 2.32. The molecule has 1 heterocycles. The van der Waals surface area contributed by atoms with Gasteiger partial charge in [-0.05, 0) is 25.1 Å². The Hall–Kier alpha value is -3.02. The Balaban J connectivity index is 1.68. The van der Waals surface area contributed by atoms with Crippen LogP contribution in [0.5, 0.6) is 11.5 Å². The minimum atomic E-state index is -0.138. The molecule has 1 aliphatic heterocycles. The molecular weight excluding hydrogens is 344 g/mol. The molecule has 2 aromatic rings. The van der Waals surface area contributed by atoms with Gasteiger partial charge in [-0.1, -0.05) is 30.3 Å². The highest BCUT2D eigenvalue weighted by atomic mass is 16.5. The van der Waals surface area contributed by atoms with Gasteiger partial charge in [0.15, 0.2) is 6.61 Å². The van der Waals surface area contributed by atoms with Crippen LogP contribution in [0.2, 0.25) is 0 Å². The van der Waals surface area contributed by atoms with Crippen molar-refractivity contribution in [3.8, 4) is 11.5 Å². The molecule has 0 aliphatic carbocycles. The largest absolute Gasteiger partial charge is 0.496 e. The van der Waals surface area contributed by atoms with Gasteiger partial charge in [0.25, 0.3) is 5.91 Å². The second-order valence-corrected chi connectivity index (χ2v) is 6.47. The molecule has 0 N–H and O–H groups in total. The number of fused-ring (bicyclic) bond motifs is 1. The number of nitrogens with zero attached hydrogens (tertiary/aromatic N) is 2. The van der Waals surface area contributed by atoms with Crippen molar-refractivity contribution in [1.82, 2.24) is 4.90 Å². The average Bonchev–Trinajstić information content (AvgIpc) is 2.71. The number of anilines is 1. The Morgan fingerprint density at radius 3 is 2.70 bits per heavy atom. The van der Waals surface area contributed by atoms with Gasteiger partial charge in [0.05, 0.1) is 18.8 Å². The third-order valence-electron chi connectivity index (χ3n) is 4.92. The van der Waals surface area contributed by atoms with Crippen LogP contribution in [0.15, 0.2) is 48.5 Å². The zero-order valence-corrected chi connectivity index (χ0v) is 15.8. The van der Waals surface area contributed by atoms with Gasteiger partial charge in [0, 0.05) is 25.6 Å². The quantitative estimate of drug-likeness (QED) is 0.786. The van der Waals surface area contributed by atoms with Gasteiger partial charge in [-0.2, -0.15) is 0 Å². The van der Waals surface area contributed by atoms with Crippen molar-refractivity contribution in [1.29, 1.82) is 0 Å². The second-order valence-electron chi connectivity index (χ2n) is 6.47. The van der Waals surface area contributed by atoms with E-state index in [1.54, 1.807) is 24.0 Å².